The number of hydrogen-bond acceptors (Lipinski definition) is 7. The van der Waals surface area contributed by atoms with Gasteiger partial charge in [0, 0.05) is 57.3 Å². The molecule has 1 aliphatic carbocycles. The van der Waals surface area contributed by atoms with Crippen LogP contribution in [0.2, 0.25) is 0 Å². The third kappa shape index (κ3) is 6.31. The first-order valence-corrected chi connectivity index (χ1v) is 12.5. The first-order chi connectivity index (χ1) is 17.0. The fraction of sp³-hybridized carbons (Fsp3) is 0.640. The van der Waals surface area contributed by atoms with E-state index in [1.54, 1.807) is 36.3 Å². The Balaban J connectivity index is 1.53. The van der Waals surface area contributed by atoms with Crippen molar-refractivity contribution in [3.8, 4) is 5.75 Å². The van der Waals surface area contributed by atoms with Crippen molar-refractivity contribution in [1.29, 1.82) is 0 Å². The molecule has 1 aromatic carbocycles. The molecule has 2 atom stereocenters. The van der Waals surface area contributed by atoms with E-state index in [9.17, 15) is 14.4 Å². The number of morpholine rings is 1. The highest BCUT2D eigenvalue weighted by atomic mass is 16.5. The highest BCUT2D eigenvalue weighted by Gasteiger charge is 2.45. The highest BCUT2D eigenvalue weighted by molar-refractivity contribution is 5.98. The summed E-state index contributed by atoms with van der Waals surface area (Å²) in [4.78, 5) is 45.7. The minimum absolute atomic E-state index is 0.0624. The average Bonchev–Trinajstić information content (AvgIpc) is 3.66. The summed E-state index contributed by atoms with van der Waals surface area (Å²) in [5.74, 6) is 0.298. The Kier molecular flexibility index (Phi) is 8.59. The van der Waals surface area contributed by atoms with Gasteiger partial charge in [0.25, 0.3) is 5.91 Å². The predicted molar refractivity (Wildman–Crippen MR) is 130 cm³/mol. The molecule has 2 unspecified atom stereocenters. The van der Waals surface area contributed by atoms with E-state index in [0.29, 0.717) is 57.1 Å². The third-order valence-electron chi connectivity index (χ3n) is 7.01. The molecule has 3 aliphatic rings. The second-order valence-corrected chi connectivity index (χ2v) is 9.43. The van der Waals surface area contributed by atoms with E-state index in [-0.39, 0.29) is 29.7 Å². The molecule has 35 heavy (non-hydrogen) atoms. The Hall–Kier alpha value is -2.69. The summed E-state index contributed by atoms with van der Waals surface area (Å²) in [5.41, 5.74) is 6.04. The maximum atomic E-state index is 13.5. The molecule has 3 N–H and O–H groups in total. The summed E-state index contributed by atoms with van der Waals surface area (Å²) in [5, 5.41) is 2.83. The fourth-order valence-corrected chi connectivity index (χ4v) is 4.86. The molecule has 0 spiro atoms. The van der Waals surface area contributed by atoms with Gasteiger partial charge in [-0.3, -0.25) is 19.3 Å². The molecule has 10 nitrogen and oxygen atoms in total. The van der Waals surface area contributed by atoms with Crippen molar-refractivity contribution in [3.63, 3.8) is 0 Å². The zero-order valence-electron chi connectivity index (χ0n) is 20.5. The summed E-state index contributed by atoms with van der Waals surface area (Å²) in [7, 11) is 1.55. The molecular formula is C25H37N5O5. The van der Waals surface area contributed by atoms with Gasteiger partial charge in [-0.2, -0.15) is 0 Å². The van der Waals surface area contributed by atoms with Gasteiger partial charge in [0.1, 0.15) is 11.8 Å². The molecule has 2 aliphatic heterocycles. The zero-order valence-corrected chi connectivity index (χ0v) is 20.5. The number of methoxy groups -OCH3 is 1. The number of rotatable bonds is 10. The summed E-state index contributed by atoms with van der Waals surface area (Å²) in [6.45, 7) is 5.41. The number of likely N-dealkylation sites (tertiary alicyclic amines) is 1. The quantitative estimate of drug-likeness (QED) is 0.474. The number of carbonyl (C=O) groups is 3. The van der Waals surface area contributed by atoms with Crippen molar-refractivity contribution in [2.75, 3.05) is 66.1 Å². The van der Waals surface area contributed by atoms with Crippen LogP contribution in [0.1, 0.15) is 29.6 Å². The Labute approximate surface area is 206 Å². The standard InChI is InChI=1S/C25H37N5O5/c1-34-21-4-2-3-19(15-21)25(33)30-17-20(16-22(30)23(31)27-8-7-26)29(24(32)18-5-6-18)10-9-28-11-13-35-14-12-28/h2-4,15,18,20,22H,5-14,16-17,26H2,1H3,(H,27,31). The summed E-state index contributed by atoms with van der Waals surface area (Å²) in [6.07, 6.45) is 2.23. The van der Waals surface area contributed by atoms with E-state index in [1.165, 1.54) is 0 Å². The van der Waals surface area contributed by atoms with Gasteiger partial charge in [-0.1, -0.05) is 6.07 Å². The van der Waals surface area contributed by atoms with Gasteiger partial charge in [0.2, 0.25) is 11.8 Å². The lowest BCUT2D eigenvalue weighted by atomic mass is 10.1. The number of ether oxygens (including phenoxy) is 2. The van der Waals surface area contributed by atoms with Crippen molar-refractivity contribution in [2.24, 2.45) is 11.7 Å². The van der Waals surface area contributed by atoms with E-state index < -0.39 is 6.04 Å². The van der Waals surface area contributed by atoms with Crippen molar-refractivity contribution in [1.82, 2.24) is 20.0 Å². The largest absolute Gasteiger partial charge is 0.497 e. The van der Waals surface area contributed by atoms with Gasteiger partial charge in [-0.05, 0) is 37.5 Å². The van der Waals surface area contributed by atoms with Crippen LogP contribution in [0.15, 0.2) is 24.3 Å². The molecule has 4 rings (SSSR count). The lowest BCUT2D eigenvalue weighted by Gasteiger charge is -2.33. The van der Waals surface area contributed by atoms with Gasteiger partial charge in [-0.15, -0.1) is 0 Å². The summed E-state index contributed by atoms with van der Waals surface area (Å²) < 4.78 is 10.7. The van der Waals surface area contributed by atoms with Crippen LogP contribution in [0.4, 0.5) is 0 Å². The van der Waals surface area contributed by atoms with Gasteiger partial charge in [-0.25, -0.2) is 0 Å². The molecule has 192 valence electrons. The average molecular weight is 488 g/mol. The number of amides is 3. The van der Waals surface area contributed by atoms with Crippen LogP contribution in [-0.4, -0.2) is 111 Å². The monoisotopic (exact) mass is 487 g/mol. The first kappa shape index (κ1) is 25.4. The van der Waals surface area contributed by atoms with E-state index in [0.717, 1.165) is 32.5 Å². The van der Waals surface area contributed by atoms with Gasteiger partial charge >= 0.3 is 0 Å². The predicted octanol–water partition coefficient (Wildman–Crippen LogP) is -0.0760. The van der Waals surface area contributed by atoms with Crippen molar-refractivity contribution < 1.29 is 23.9 Å². The third-order valence-corrected chi connectivity index (χ3v) is 7.01. The van der Waals surface area contributed by atoms with E-state index in [4.69, 9.17) is 15.2 Å². The molecule has 2 saturated heterocycles. The van der Waals surface area contributed by atoms with Crippen LogP contribution in [0.5, 0.6) is 5.75 Å². The molecule has 0 aromatic heterocycles. The second-order valence-electron chi connectivity index (χ2n) is 9.43. The molecule has 1 aromatic rings. The Morgan fingerprint density at radius 1 is 1.23 bits per heavy atom. The number of benzene rings is 1. The molecular weight excluding hydrogens is 450 g/mol. The summed E-state index contributed by atoms with van der Waals surface area (Å²) >= 11 is 0. The highest BCUT2D eigenvalue weighted by Crippen LogP contribution is 2.34. The molecule has 3 fully saturated rings. The van der Waals surface area contributed by atoms with Crippen LogP contribution in [0.25, 0.3) is 0 Å². The second kappa shape index (κ2) is 11.8. The minimum Gasteiger partial charge on any atom is -0.497 e. The van der Waals surface area contributed by atoms with Gasteiger partial charge in [0.05, 0.1) is 26.4 Å². The number of carbonyl (C=O) groups excluding carboxylic acids is 3. The number of nitrogens with two attached hydrogens (primary N) is 1. The normalized spacial score (nSPS) is 22.6. The van der Waals surface area contributed by atoms with E-state index >= 15 is 0 Å². The molecule has 0 bridgehead atoms. The zero-order chi connectivity index (χ0) is 24.8. The SMILES string of the molecule is COc1cccc(C(=O)N2CC(N(CCN3CCOCC3)C(=O)C3CC3)CC2C(=O)NCCN)c1. The smallest absolute Gasteiger partial charge is 0.254 e. The van der Waals surface area contributed by atoms with Crippen LogP contribution in [-0.2, 0) is 14.3 Å². The Morgan fingerprint density at radius 2 is 2.00 bits per heavy atom. The van der Waals surface area contributed by atoms with Gasteiger partial charge in [0.15, 0.2) is 0 Å². The molecule has 1 saturated carbocycles. The van der Waals surface area contributed by atoms with Crippen LogP contribution < -0.4 is 15.8 Å². The topological polar surface area (TPSA) is 117 Å². The minimum atomic E-state index is -0.664. The number of nitrogens with one attached hydrogen (secondary N) is 1. The lowest BCUT2D eigenvalue weighted by molar-refractivity contribution is -0.135. The summed E-state index contributed by atoms with van der Waals surface area (Å²) in [6, 6.07) is 6.05. The first-order valence-electron chi connectivity index (χ1n) is 12.5. The van der Waals surface area contributed by atoms with Gasteiger partial charge < -0.3 is 30.3 Å². The number of nitrogens with zero attached hydrogens (tertiary/aromatic N) is 3. The van der Waals surface area contributed by atoms with Crippen molar-refractivity contribution in [3.05, 3.63) is 29.8 Å². The van der Waals surface area contributed by atoms with Crippen LogP contribution in [0, 0.1) is 5.92 Å². The Morgan fingerprint density at radius 3 is 2.69 bits per heavy atom. The van der Waals surface area contributed by atoms with Crippen molar-refractivity contribution >= 4 is 17.7 Å². The molecule has 2 heterocycles. The maximum absolute atomic E-state index is 13.5. The molecule has 0 radical (unpaired) electrons. The maximum Gasteiger partial charge on any atom is 0.254 e. The molecule has 3 amide bonds. The fourth-order valence-electron chi connectivity index (χ4n) is 4.86. The number of hydrogen-bond donors (Lipinski definition) is 2. The van der Waals surface area contributed by atoms with Crippen LogP contribution in [0.3, 0.4) is 0 Å². The van der Waals surface area contributed by atoms with E-state index in [1.807, 2.05) is 4.90 Å². The Bertz CT molecular complexity index is 902. The molecule has 10 heteroatoms. The van der Waals surface area contributed by atoms with Crippen LogP contribution >= 0.6 is 0 Å². The van der Waals surface area contributed by atoms with E-state index in [2.05, 4.69) is 10.2 Å². The lowest BCUT2D eigenvalue weighted by Crippen LogP contribution is -2.48. The van der Waals surface area contributed by atoms with Crippen molar-refractivity contribution in [2.45, 2.75) is 31.3 Å².